The number of carbonyl (C=O) groups is 3. The van der Waals surface area contributed by atoms with Crippen LogP contribution in [0.2, 0.25) is 0 Å². The Hall–Kier alpha value is -1.56. The Morgan fingerprint density at radius 2 is 2.12 bits per heavy atom. The molecule has 0 unspecified atom stereocenters. The van der Waals surface area contributed by atoms with Crippen molar-refractivity contribution in [2.45, 2.75) is 43.0 Å². The first-order valence-corrected chi connectivity index (χ1v) is 9.03. The van der Waals surface area contributed by atoms with Crippen molar-refractivity contribution in [3.63, 3.8) is 0 Å². The van der Waals surface area contributed by atoms with Crippen LogP contribution in [-0.2, 0) is 26.9 Å². The second kappa shape index (κ2) is 9.23. The first-order chi connectivity index (χ1) is 11.6. The molecule has 3 atom stereocenters. The fourth-order valence-corrected chi connectivity index (χ4v) is 4.49. The normalized spacial score (nSPS) is 23.8. The summed E-state index contributed by atoms with van der Waals surface area (Å²) in [5.74, 6) is -0.317. The first-order valence-electron chi connectivity index (χ1n) is 7.98. The molecule has 2 aliphatic heterocycles. The molecule has 134 valence electrons. The van der Waals surface area contributed by atoms with E-state index in [1.54, 1.807) is 12.1 Å². The Labute approximate surface area is 160 Å². The molecule has 25 heavy (non-hydrogen) atoms. The van der Waals surface area contributed by atoms with E-state index in [2.05, 4.69) is 15.6 Å². The summed E-state index contributed by atoms with van der Waals surface area (Å²) >= 11 is 1.85. The Kier molecular flexibility index (Phi) is 7.29. The molecule has 9 heteroatoms. The zero-order chi connectivity index (χ0) is 16.9. The van der Waals surface area contributed by atoms with Gasteiger partial charge < -0.3 is 15.4 Å². The van der Waals surface area contributed by atoms with Crippen molar-refractivity contribution >= 4 is 29.7 Å². The summed E-state index contributed by atoms with van der Waals surface area (Å²) in [7, 11) is 0. The molecule has 2 N–H and O–H groups in total. The Morgan fingerprint density at radius 3 is 2.88 bits per heavy atom. The summed E-state index contributed by atoms with van der Waals surface area (Å²) in [5.41, 5.74) is 0.128. The van der Waals surface area contributed by atoms with Gasteiger partial charge in [0.15, 0.2) is 0 Å². The maximum Gasteiger partial charge on any atom is 0.364 e. The van der Waals surface area contributed by atoms with Gasteiger partial charge in [-0.25, -0.2) is 14.6 Å². The number of hydrogen-bond acceptors (Lipinski definition) is 6. The van der Waals surface area contributed by atoms with Gasteiger partial charge in [0.05, 0.1) is 12.1 Å². The predicted molar refractivity (Wildman–Crippen MR) is 88.6 cm³/mol. The number of nitrogens with zero attached hydrogens (tertiary/aromatic N) is 1. The molecule has 0 saturated carbocycles. The standard InChI is InChI=1S/C16H19N3O4S.Cr/c20-13(23-15(21)10-5-3-4-8-17-10)7-2-1-6-12-14-11(9-24-12)18-16(22)19-14;/h3-5,8,11-12,14H,1-2,6-7,9H2,(H2,18,19,22);/t11-,12-,14-;/m0./s1. The van der Waals surface area contributed by atoms with Crippen molar-refractivity contribution in [3.8, 4) is 0 Å². The number of esters is 2. The molecule has 2 fully saturated rings. The molecule has 0 spiro atoms. The Morgan fingerprint density at radius 1 is 1.28 bits per heavy atom. The van der Waals surface area contributed by atoms with Gasteiger partial charge in [0, 0.05) is 41.0 Å². The van der Waals surface area contributed by atoms with Gasteiger partial charge in [-0.15, -0.1) is 0 Å². The van der Waals surface area contributed by atoms with E-state index in [-0.39, 0.29) is 47.6 Å². The smallest absolute Gasteiger partial charge is 0.364 e. The summed E-state index contributed by atoms with van der Waals surface area (Å²) in [5, 5.41) is 6.22. The molecule has 1 aromatic rings. The number of rotatable bonds is 6. The average molecular weight is 401 g/mol. The SMILES string of the molecule is O=C1N[C@H]2[C@H](CS[C@H]2CCCCC(=O)OC(=O)c2ccccn2)N1.[Cr]. The van der Waals surface area contributed by atoms with Gasteiger partial charge in [-0.05, 0) is 25.0 Å². The monoisotopic (exact) mass is 401 g/mol. The number of carbonyl (C=O) groups excluding carboxylic acids is 3. The maximum atomic E-state index is 11.7. The van der Waals surface area contributed by atoms with Crippen molar-refractivity contribution in [1.29, 1.82) is 0 Å². The van der Waals surface area contributed by atoms with E-state index >= 15 is 0 Å². The van der Waals surface area contributed by atoms with Gasteiger partial charge in [-0.2, -0.15) is 11.8 Å². The molecular formula is C16H19CrN3O4S. The van der Waals surface area contributed by atoms with E-state index < -0.39 is 11.9 Å². The van der Waals surface area contributed by atoms with E-state index in [1.165, 1.54) is 12.3 Å². The zero-order valence-electron chi connectivity index (χ0n) is 13.5. The van der Waals surface area contributed by atoms with Crippen molar-refractivity contribution in [3.05, 3.63) is 30.1 Å². The molecule has 2 aliphatic rings. The second-order valence-corrected chi connectivity index (χ2v) is 7.12. The number of ether oxygens (including phenoxy) is 1. The van der Waals surface area contributed by atoms with Crippen LogP contribution in [-0.4, -0.2) is 46.0 Å². The largest absolute Gasteiger partial charge is 0.388 e. The molecule has 2 amide bonds. The van der Waals surface area contributed by atoms with Crippen LogP contribution < -0.4 is 10.6 Å². The van der Waals surface area contributed by atoms with E-state index in [1.807, 2.05) is 11.8 Å². The minimum atomic E-state index is -0.713. The third-order valence-corrected chi connectivity index (χ3v) is 5.65. The van der Waals surface area contributed by atoms with Gasteiger partial charge >= 0.3 is 18.0 Å². The van der Waals surface area contributed by atoms with Crippen LogP contribution in [0.4, 0.5) is 4.79 Å². The van der Waals surface area contributed by atoms with Crippen LogP contribution in [0.5, 0.6) is 0 Å². The summed E-state index contributed by atoms with van der Waals surface area (Å²) in [6.07, 6.45) is 4.11. The summed E-state index contributed by atoms with van der Waals surface area (Å²) in [6, 6.07) is 5.16. The third kappa shape index (κ3) is 5.21. The number of thioether (sulfide) groups is 1. The van der Waals surface area contributed by atoms with Crippen molar-refractivity contribution < 1.29 is 36.5 Å². The number of aromatic nitrogens is 1. The van der Waals surface area contributed by atoms with Crippen molar-refractivity contribution in [2.24, 2.45) is 0 Å². The fraction of sp³-hybridized carbons (Fsp3) is 0.500. The zero-order valence-corrected chi connectivity index (χ0v) is 15.6. The second-order valence-electron chi connectivity index (χ2n) is 5.84. The van der Waals surface area contributed by atoms with E-state index in [4.69, 9.17) is 4.74 Å². The van der Waals surface area contributed by atoms with Gasteiger partial charge in [0.1, 0.15) is 5.69 Å². The van der Waals surface area contributed by atoms with Gasteiger partial charge in [0.2, 0.25) is 0 Å². The summed E-state index contributed by atoms with van der Waals surface area (Å²) in [4.78, 5) is 38.6. The quantitative estimate of drug-likeness (QED) is 0.324. The van der Waals surface area contributed by atoms with Gasteiger partial charge in [-0.1, -0.05) is 12.5 Å². The molecule has 2 saturated heterocycles. The molecule has 0 bridgehead atoms. The number of nitrogens with one attached hydrogen (secondary N) is 2. The first kappa shape index (κ1) is 19.8. The fourth-order valence-electron chi connectivity index (χ4n) is 2.95. The number of fused-ring (bicyclic) bond motifs is 1. The number of amides is 2. The van der Waals surface area contributed by atoms with Gasteiger partial charge in [-0.3, -0.25) is 4.79 Å². The molecular weight excluding hydrogens is 382 g/mol. The third-order valence-electron chi connectivity index (χ3n) is 4.14. The molecule has 3 rings (SSSR count). The predicted octanol–water partition coefficient (Wildman–Crippen LogP) is 1.49. The van der Waals surface area contributed by atoms with Crippen LogP contribution in [0.3, 0.4) is 0 Å². The molecule has 7 nitrogen and oxygen atoms in total. The summed E-state index contributed by atoms with van der Waals surface area (Å²) in [6.45, 7) is 0. The Balaban J connectivity index is 0.00000225. The number of pyridine rings is 1. The molecule has 3 heterocycles. The molecule has 0 aromatic carbocycles. The molecule has 0 aliphatic carbocycles. The molecule has 1 aromatic heterocycles. The number of urea groups is 1. The number of unbranched alkanes of at least 4 members (excludes halogenated alkanes) is 1. The van der Waals surface area contributed by atoms with Crippen molar-refractivity contribution in [1.82, 2.24) is 15.6 Å². The number of hydrogen-bond donors (Lipinski definition) is 2. The topological polar surface area (TPSA) is 97.4 Å². The van der Waals surface area contributed by atoms with Crippen LogP contribution in [0.25, 0.3) is 0 Å². The minimum absolute atomic E-state index is 0. The van der Waals surface area contributed by atoms with E-state index in [0.717, 1.165) is 18.6 Å². The van der Waals surface area contributed by atoms with Crippen LogP contribution in [0.15, 0.2) is 24.4 Å². The molecule has 0 radical (unpaired) electrons. The van der Waals surface area contributed by atoms with Crippen LogP contribution >= 0.6 is 11.8 Å². The van der Waals surface area contributed by atoms with E-state index in [0.29, 0.717) is 11.7 Å². The van der Waals surface area contributed by atoms with Crippen molar-refractivity contribution in [2.75, 3.05) is 5.75 Å². The maximum absolute atomic E-state index is 11.7. The summed E-state index contributed by atoms with van der Waals surface area (Å²) < 4.78 is 4.78. The van der Waals surface area contributed by atoms with Crippen LogP contribution in [0.1, 0.15) is 36.2 Å². The minimum Gasteiger partial charge on any atom is -0.388 e. The Bertz CT molecular complexity index is 631. The van der Waals surface area contributed by atoms with E-state index in [9.17, 15) is 14.4 Å². The van der Waals surface area contributed by atoms with Gasteiger partial charge in [0.25, 0.3) is 0 Å². The average Bonchev–Trinajstić information content (AvgIpc) is 3.12. The van der Waals surface area contributed by atoms with Crippen LogP contribution in [0, 0.1) is 0 Å².